The topological polar surface area (TPSA) is 18.5 Å². The van der Waals surface area contributed by atoms with Crippen molar-refractivity contribution in [2.75, 3.05) is 26.7 Å². The van der Waals surface area contributed by atoms with Crippen molar-refractivity contribution in [1.82, 2.24) is 15.1 Å². The zero-order valence-electron chi connectivity index (χ0n) is 14.3. The fraction of sp³-hybridized carbons (Fsp3) is 0.765. The SMILES string of the molecule is CC1CN(C)CCCN1Cc1ccc(CNC(C)(C)C)s1. The summed E-state index contributed by atoms with van der Waals surface area (Å²) in [6, 6.07) is 5.25. The summed E-state index contributed by atoms with van der Waals surface area (Å²) in [5.74, 6) is 0. The van der Waals surface area contributed by atoms with Gasteiger partial charge in [0, 0.05) is 47.5 Å². The molecule has 1 N–H and O–H groups in total. The highest BCUT2D eigenvalue weighted by Crippen LogP contribution is 2.21. The molecule has 1 aromatic rings. The van der Waals surface area contributed by atoms with Gasteiger partial charge in [-0.25, -0.2) is 0 Å². The van der Waals surface area contributed by atoms with Crippen LogP contribution >= 0.6 is 11.3 Å². The lowest BCUT2D eigenvalue weighted by Crippen LogP contribution is -2.37. The fourth-order valence-corrected chi connectivity index (χ4v) is 3.80. The number of nitrogens with one attached hydrogen (secondary N) is 1. The van der Waals surface area contributed by atoms with Crippen LogP contribution in [0.5, 0.6) is 0 Å². The summed E-state index contributed by atoms with van der Waals surface area (Å²) < 4.78 is 0. The van der Waals surface area contributed by atoms with Gasteiger partial charge in [-0.15, -0.1) is 11.3 Å². The van der Waals surface area contributed by atoms with Gasteiger partial charge in [0.15, 0.2) is 0 Å². The first kappa shape index (κ1) is 16.9. The first-order valence-corrected chi connectivity index (χ1v) is 8.90. The summed E-state index contributed by atoms with van der Waals surface area (Å²) >= 11 is 1.96. The first-order chi connectivity index (χ1) is 9.83. The van der Waals surface area contributed by atoms with Gasteiger partial charge in [-0.2, -0.15) is 0 Å². The quantitative estimate of drug-likeness (QED) is 0.921. The third-order valence-electron chi connectivity index (χ3n) is 4.05. The Bertz CT molecular complexity index is 435. The van der Waals surface area contributed by atoms with E-state index in [-0.39, 0.29) is 5.54 Å². The summed E-state index contributed by atoms with van der Waals surface area (Å²) in [5, 5.41) is 3.57. The number of hydrogen-bond acceptors (Lipinski definition) is 4. The van der Waals surface area contributed by atoms with Gasteiger partial charge in [0.25, 0.3) is 0 Å². The highest BCUT2D eigenvalue weighted by atomic mass is 32.1. The van der Waals surface area contributed by atoms with E-state index >= 15 is 0 Å². The molecular formula is C17H31N3S. The highest BCUT2D eigenvalue weighted by Gasteiger charge is 2.20. The van der Waals surface area contributed by atoms with Crippen molar-refractivity contribution < 1.29 is 0 Å². The van der Waals surface area contributed by atoms with Gasteiger partial charge in [-0.05, 0) is 59.8 Å². The monoisotopic (exact) mass is 309 g/mol. The molecule has 0 aliphatic carbocycles. The molecular weight excluding hydrogens is 278 g/mol. The molecule has 0 saturated carbocycles. The van der Waals surface area contributed by atoms with Crippen LogP contribution in [0.25, 0.3) is 0 Å². The minimum absolute atomic E-state index is 0.189. The third-order valence-corrected chi connectivity index (χ3v) is 5.12. The molecule has 1 aliphatic heterocycles. The smallest absolute Gasteiger partial charge is 0.0331 e. The normalized spacial score (nSPS) is 22.4. The summed E-state index contributed by atoms with van der Waals surface area (Å²) in [4.78, 5) is 8.03. The number of thiophene rings is 1. The maximum Gasteiger partial charge on any atom is 0.0331 e. The number of nitrogens with zero attached hydrogens (tertiary/aromatic N) is 2. The van der Waals surface area contributed by atoms with Crippen LogP contribution in [0.15, 0.2) is 12.1 Å². The Morgan fingerprint density at radius 2 is 1.95 bits per heavy atom. The molecule has 1 fully saturated rings. The number of likely N-dealkylation sites (N-methyl/N-ethyl adjacent to an activating group) is 1. The minimum atomic E-state index is 0.189. The lowest BCUT2D eigenvalue weighted by atomic mass is 10.1. The van der Waals surface area contributed by atoms with Crippen LogP contribution < -0.4 is 5.32 Å². The Labute approximate surface area is 134 Å². The maximum absolute atomic E-state index is 3.57. The van der Waals surface area contributed by atoms with Crippen molar-refractivity contribution in [3.8, 4) is 0 Å². The molecule has 0 aromatic carbocycles. The number of hydrogen-bond donors (Lipinski definition) is 1. The minimum Gasteiger partial charge on any atom is -0.307 e. The van der Waals surface area contributed by atoms with Crippen LogP contribution in [0, 0.1) is 0 Å². The molecule has 0 radical (unpaired) electrons. The second-order valence-corrected chi connectivity index (χ2v) is 8.66. The van der Waals surface area contributed by atoms with E-state index in [0.29, 0.717) is 6.04 Å². The summed E-state index contributed by atoms with van der Waals surface area (Å²) in [5.41, 5.74) is 0.189. The Kier molecular flexibility index (Phi) is 5.83. The Morgan fingerprint density at radius 1 is 1.24 bits per heavy atom. The molecule has 4 heteroatoms. The summed E-state index contributed by atoms with van der Waals surface area (Å²) in [6.07, 6.45) is 1.28. The Hall–Kier alpha value is -0.420. The molecule has 2 heterocycles. The first-order valence-electron chi connectivity index (χ1n) is 8.09. The van der Waals surface area contributed by atoms with Crippen LogP contribution in [-0.2, 0) is 13.1 Å². The van der Waals surface area contributed by atoms with Gasteiger partial charge >= 0.3 is 0 Å². The molecule has 21 heavy (non-hydrogen) atoms. The van der Waals surface area contributed by atoms with E-state index in [4.69, 9.17) is 0 Å². The largest absolute Gasteiger partial charge is 0.307 e. The zero-order chi connectivity index (χ0) is 15.5. The van der Waals surface area contributed by atoms with Crippen molar-refractivity contribution in [3.05, 3.63) is 21.9 Å². The maximum atomic E-state index is 3.57. The van der Waals surface area contributed by atoms with Crippen LogP contribution in [-0.4, -0.2) is 48.1 Å². The van der Waals surface area contributed by atoms with Gasteiger partial charge in [-0.1, -0.05) is 0 Å². The predicted octanol–water partition coefficient (Wildman–Crippen LogP) is 3.16. The molecule has 120 valence electrons. The second-order valence-electron chi connectivity index (χ2n) is 7.41. The van der Waals surface area contributed by atoms with E-state index < -0.39 is 0 Å². The highest BCUT2D eigenvalue weighted by molar-refractivity contribution is 7.11. The third kappa shape index (κ3) is 5.70. The van der Waals surface area contributed by atoms with Crippen molar-refractivity contribution in [2.45, 2.75) is 58.8 Å². The van der Waals surface area contributed by atoms with E-state index in [1.807, 2.05) is 11.3 Å². The van der Waals surface area contributed by atoms with Gasteiger partial charge in [-0.3, -0.25) is 4.90 Å². The molecule has 0 amide bonds. The van der Waals surface area contributed by atoms with Crippen molar-refractivity contribution in [3.63, 3.8) is 0 Å². The fourth-order valence-electron chi connectivity index (χ4n) is 2.81. The molecule has 1 aromatic heterocycles. The van der Waals surface area contributed by atoms with Gasteiger partial charge < -0.3 is 10.2 Å². The van der Waals surface area contributed by atoms with Gasteiger partial charge in [0.2, 0.25) is 0 Å². The van der Waals surface area contributed by atoms with Gasteiger partial charge in [0.05, 0.1) is 0 Å². The van der Waals surface area contributed by atoms with E-state index in [2.05, 4.69) is 62.0 Å². The second kappa shape index (κ2) is 7.23. The molecule has 2 rings (SSSR count). The zero-order valence-corrected chi connectivity index (χ0v) is 15.1. The van der Waals surface area contributed by atoms with Crippen molar-refractivity contribution in [1.29, 1.82) is 0 Å². The molecule has 1 saturated heterocycles. The van der Waals surface area contributed by atoms with Crippen LogP contribution in [0.3, 0.4) is 0 Å². The Morgan fingerprint density at radius 3 is 2.67 bits per heavy atom. The molecule has 0 bridgehead atoms. The van der Waals surface area contributed by atoms with Crippen molar-refractivity contribution in [2.24, 2.45) is 0 Å². The average molecular weight is 310 g/mol. The lowest BCUT2D eigenvalue weighted by molar-refractivity contribution is 0.196. The molecule has 1 unspecified atom stereocenters. The lowest BCUT2D eigenvalue weighted by Gasteiger charge is -2.27. The van der Waals surface area contributed by atoms with Crippen LogP contribution in [0.4, 0.5) is 0 Å². The molecule has 0 spiro atoms. The van der Waals surface area contributed by atoms with E-state index in [0.717, 1.165) is 13.1 Å². The molecule has 1 aliphatic rings. The summed E-state index contributed by atoms with van der Waals surface area (Å²) in [7, 11) is 2.24. The van der Waals surface area contributed by atoms with E-state index in [1.165, 1.54) is 35.8 Å². The van der Waals surface area contributed by atoms with Crippen LogP contribution in [0.1, 0.15) is 43.9 Å². The number of rotatable bonds is 4. The van der Waals surface area contributed by atoms with Gasteiger partial charge in [0.1, 0.15) is 0 Å². The average Bonchev–Trinajstić information content (AvgIpc) is 2.75. The van der Waals surface area contributed by atoms with Crippen molar-refractivity contribution >= 4 is 11.3 Å². The Balaban J connectivity index is 1.89. The summed E-state index contributed by atoms with van der Waals surface area (Å²) in [6.45, 7) is 14.7. The van der Waals surface area contributed by atoms with E-state index in [9.17, 15) is 0 Å². The van der Waals surface area contributed by atoms with Crippen LogP contribution in [0.2, 0.25) is 0 Å². The van der Waals surface area contributed by atoms with E-state index in [1.54, 1.807) is 0 Å². The molecule has 1 atom stereocenters. The standard InChI is InChI=1S/C17H31N3S/c1-14-12-19(5)9-6-10-20(14)13-16-8-7-15(21-16)11-18-17(2,3)4/h7-8,14,18H,6,9-13H2,1-5H3. The molecule has 3 nitrogen and oxygen atoms in total. The predicted molar refractivity (Wildman–Crippen MR) is 92.9 cm³/mol.